The van der Waals surface area contributed by atoms with Gasteiger partial charge in [0.1, 0.15) is 4.87 Å². The summed E-state index contributed by atoms with van der Waals surface area (Å²) in [7, 11) is 0. The number of carbonyl (C=O) groups is 1. The molecule has 1 unspecified atom stereocenters. The molecule has 1 aromatic heterocycles. The smallest absolute Gasteiger partial charge is 0.231 e. The van der Waals surface area contributed by atoms with Crippen LogP contribution in [0.5, 0.6) is 0 Å². The molecule has 1 N–H and O–H groups in total. The number of thioether (sulfide) groups is 1. The predicted molar refractivity (Wildman–Crippen MR) is 52.2 cm³/mol. The van der Waals surface area contributed by atoms with E-state index in [9.17, 15) is 4.79 Å². The van der Waals surface area contributed by atoms with Crippen molar-refractivity contribution in [2.24, 2.45) is 0 Å². The quantitative estimate of drug-likeness (QED) is 0.728. The van der Waals surface area contributed by atoms with Crippen LogP contribution in [0.15, 0.2) is 24.5 Å². The molecule has 0 aliphatic carbocycles. The Morgan fingerprint density at radius 1 is 1.69 bits per heavy atom. The first-order valence-electron chi connectivity index (χ1n) is 4.06. The van der Waals surface area contributed by atoms with Gasteiger partial charge in [0.05, 0.1) is 5.75 Å². The molecule has 1 aliphatic heterocycles. The molecule has 1 amide bonds. The van der Waals surface area contributed by atoms with Gasteiger partial charge in [-0.15, -0.1) is 11.8 Å². The van der Waals surface area contributed by atoms with Crippen LogP contribution in [0.1, 0.15) is 12.5 Å². The van der Waals surface area contributed by atoms with Crippen molar-refractivity contribution in [3.8, 4) is 0 Å². The maximum absolute atomic E-state index is 11.1. The third-order valence-electron chi connectivity index (χ3n) is 2.08. The summed E-state index contributed by atoms with van der Waals surface area (Å²) in [4.78, 5) is 14.8. The Bertz CT molecular complexity index is 328. The Morgan fingerprint density at radius 3 is 3.08 bits per heavy atom. The second-order valence-electron chi connectivity index (χ2n) is 3.11. The molecule has 2 heterocycles. The summed E-state index contributed by atoms with van der Waals surface area (Å²) in [5, 5.41) is 2.93. The van der Waals surface area contributed by atoms with Crippen molar-refractivity contribution in [3.05, 3.63) is 30.1 Å². The van der Waals surface area contributed by atoms with Crippen molar-refractivity contribution < 1.29 is 4.79 Å². The van der Waals surface area contributed by atoms with Gasteiger partial charge < -0.3 is 5.32 Å². The number of rotatable bonds is 1. The maximum Gasteiger partial charge on any atom is 0.231 e. The molecule has 0 bridgehead atoms. The lowest BCUT2D eigenvalue weighted by Gasteiger charge is -2.22. The van der Waals surface area contributed by atoms with Crippen LogP contribution in [0, 0.1) is 0 Å². The zero-order valence-electron chi connectivity index (χ0n) is 7.28. The van der Waals surface area contributed by atoms with E-state index in [1.165, 1.54) is 0 Å². The van der Waals surface area contributed by atoms with E-state index in [1.807, 2.05) is 19.1 Å². The first kappa shape index (κ1) is 8.56. The number of nitrogens with zero attached hydrogens (tertiary/aromatic N) is 1. The summed E-state index contributed by atoms with van der Waals surface area (Å²) in [5.41, 5.74) is 1.05. The first-order valence-corrected chi connectivity index (χ1v) is 5.05. The summed E-state index contributed by atoms with van der Waals surface area (Å²) >= 11 is 1.61. The van der Waals surface area contributed by atoms with Gasteiger partial charge in [0, 0.05) is 18.0 Å². The zero-order chi connectivity index (χ0) is 9.31. The van der Waals surface area contributed by atoms with Gasteiger partial charge in [-0.1, -0.05) is 6.07 Å². The summed E-state index contributed by atoms with van der Waals surface area (Å²) < 4.78 is 0. The molecule has 1 fully saturated rings. The number of nitrogens with one attached hydrogen (secondary N) is 1. The van der Waals surface area contributed by atoms with Gasteiger partial charge in [-0.05, 0) is 13.0 Å². The van der Waals surface area contributed by atoms with Crippen molar-refractivity contribution >= 4 is 17.7 Å². The third-order valence-corrected chi connectivity index (χ3v) is 3.40. The zero-order valence-corrected chi connectivity index (χ0v) is 8.10. The lowest BCUT2D eigenvalue weighted by molar-refractivity contribution is -0.118. The number of amides is 1. The van der Waals surface area contributed by atoms with Gasteiger partial charge in [-0.3, -0.25) is 9.78 Å². The van der Waals surface area contributed by atoms with Gasteiger partial charge in [0.25, 0.3) is 0 Å². The van der Waals surface area contributed by atoms with E-state index >= 15 is 0 Å². The largest absolute Gasteiger partial charge is 0.337 e. The van der Waals surface area contributed by atoms with Crippen LogP contribution in [-0.2, 0) is 9.67 Å². The molecule has 0 spiro atoms. The lowest BCUT2D eigenvalue weighted by atomic mass is 10.1. The summed E-state index contributed by atoms with van der Waals surface area (Å²) in [6.45, 7) is 2.00. The molecule has 4 heteroatoms. The molecule has 0 saturated carbocycles. The number of hydrogen-bond donors (Lipinski definition) is 1. The number of pyridine rings is 1. The van der Waals surface area contributed by atoms with Gasteiger partial charge >= 0.3 is 0 Å². The molecule has 1 atom stereocenters. The van der Waals surface area contributed by atoms with Gasteiger partial charge in [-0.25, -0.2) is 0 Å². The van der Waals surface area contributed by atoms with E-state index in [-0.39, 0.29) is 10.8 Å². The minimum Gasteiger partial charge on any atom is -0.337 e. The molecule has 3 nitrogen and oxygen atoms in total. The number of carbonyl (C=O) groups excluding carboxylic acids is 1. The van der Waals surface area contributed by atoms with E-state index < -0.39 is 0 Å². The number of aromatic nitrogens is 1. The fourth-order valence-corrected chi connectivity index (χ4v) is 2.31. The highest BCUT2D eigenvalue weighted by atomic mass is 32.2. The number of hydrogen-bond acceptors (Lipinski definition) is 3. The molecule has 2 rings (SSSR count). The molecular weight excluding hydrogens is 184 g/mol. The molecule has 0 radical (unpaired) electrons. The predicted octanol–water partition coefficient (Wildman–Crippen LogP) is 1.12. The van der Waals surface area contributed by atoms with Crippen molar-refractivity contribution in [1.29, 1.82) is 0 Å². The van der Waals surface area contributed by atoms with Crippen LogP contribution >= 0.6 is 11.8 Å². The Morgan fingerprint density at radius 2 is 2.54 bits per heavy atom. The fraction of sp³-hybridized carbons (Fsp3) is 0.333. The Balaban J connectivity index is 2.31. The molecule has 1 saturated heterocycles. The van der Waals surface area contributed by atoms with Gasteiger partial charge in [-0.2, -0.15) is 0 Å². The minimum absolute atomic E-state index is 0.0938. The summed E-state index contributed by atoms with van der Waals surface area (Å²) in [6, 6.07) is 3.86. The molecule has 1 aliphatic rings. The highest BCUT2D eigenvalue weighted by Gasteiger charge is 2.35. The SMILES string of the molecule is CC1(c2cccnc2)NC(=O)CS1. The second kappa shape index (κ2) is 3.03. The molecule has 13 heavy (non-hydrogen) atoms. The van der Waals surface area contributed by atoms with Crippen LogP contribution in [0.4, 0.5) is 0 Å². The van der Waals surface area contributed by atoms with Crippen molar-refractivity contribution in [3.63, 3.8) is 0 Å². The minimum atomic E-state index is -0.286. The van der Waals surface area contributed by atoms with Crippen molar-refractivity contribution in [1.82, 2.24) is 10.3 Å². The van der Waals surface area contributed by atoms with Gasteiger partial charge in [0.2, 0.25) is 5.91 Å². The van der Waals surface area contributed by atoms with E-state index in [1.54, 1.807) is 24.2 Å². The van der Waals surface area contributed by atoms with Crippen LogP contribution < -0.4 is 5.32 Å². The van der Waals surface area contributed by atoms with Crippen LogP contribution in [0.3, 0.4) is 0 Å². The average Bonchev–Trinajstić information content (AvgIpc) is 2.49. The van der Waals surface area contributed by atoms with Crippen LogP contribution in [0.25, 0.3) is 0 Å². The molecular formula is C9H10N2OS. The van der Waals surface area contributed by atoms with Crippen LogP contribution in [-0.4, -0.2) is 16.6 Å². The maximum atomic E-state index is 11.1. The van der Waals surface area contributed by atoms with E-state index in [2.05, 4.69) is 10.3 Å². The van der Waals surface area contributed by atoms with Crippen molar-refractivity contribution in [2.45, 2.75) is 11.8 Å². The first-order chi connectivity index (χ1) is 6.21. The van der Waals surface area contributed by atoms with Crippen LogP contribution in [0.2, 0.25) is 0 Å². The Labute approximate surface area is 80.9 Å². The highest BCUT2D eigenvalue weighted by Crippen LogP contribution is 2.36. The molecule has 1 aromatic rings. The standard InChI is InChI=1S/C9H10N2OS/c1-9(11-8(12)6-13-9)7-3-2-4-10-5-7/h2-5H,6H2,1H3,(H,11,12). The molecule has 0 aromatic carbocycles. The Hall–Kier alpha value is -1.03. The third kappa shape index (κ3) is 1.54. The van der Waals surface area contributed by atoms with Gasteiger partial charge in [0.15, 0.2) is 0 Å². The van der Waals surface area contributed by atoms with Crippen molar-refractivity contribution in [2.75, 3.05) is 5.75 Å². The summed E-state index contributed by atoms with van der Waals surface area (Å²) in [5.74, 6) is 0.627. The second-order valence-corrected chi connectivity index (χ2v) is 4.51. The summed E-state index contributed by atoms with van der Waals surface area (Å²) in [6.07, 6.45) is 3.52. The topological polar surface area (TPSA) is 42.0 Å². The Kier molecular flexibility index (Phi) is 2.00. The average molecular weight is 194 g/mol. The highest BCUT2D eigenvalue weighted by molar-refractivity contribution is 8.01. The fourth-order valence-electron chi connectivity index (χ4n) is 1.35. The molecule has 68 valence electrons. The normalized spacial score (nSPS) is 27.3. The van der Waals surface area contributed by atoms with E-state index in [0.29, 0.717) is 5.75 Å². The van der Waals surface area contributed by atoms with E-state index in [4.69, 9.17) is 0 Å². The van der Waals surface area contributed by atoms with E-state index in [0.717, 1.165) is 5.56 Å². The lowest BCUT2D eigenvalue weighted by Crippen LogP contribution is -2.33. The monoisotopic (exact) mass is 194 g/mol.